The molecule has 0 saturated carbocycles. The highest BCUT2D eigenvalue weighted by Crippen LogP contribution is 2.02. The van der Waals surface area contributed by atoms with E-state index in [1.54, 1.807) is 0 Å². The van der Waals surface area contributed by atoms with Crippen molar-refractivity contribution in [2.75, 3.05) is 6.54 Å². The smallest absolute Gasteiger partial charge is 0.316 e. The third kappa shape index (κ3) is 3.75. The van der Waals surface area contributed by atoms with Crippen LogP contribution < -0.4 is 5.32 Å². The van der Waals surface area contributed by atoms with Crippen LogP contribution in [0.15, 0.2) is 0 Å². The topological polar surface area (TPSA) is 29.1 Å². The third-order valence-corrected chi connectivity index (χ3v) is 1.40. The van der Waals surface area contributed by atoms with Crippen molar-refractivity contribution in [3.8, 4) is 0 Å². The first-order chi connectivity index (χ1) is 3.89. The Kier molecular flexibility index (Phi) is 5.19. The Morgan fingerprint density at radius 3 is 2.78 bits per heavy atom. The Morgan fingerprint density at radius 1 is 1.22 bits per heavy atom. The molecule has 0 atom stereocenters. The maximum Gasteiger partial charge on any atom is 0.316 e. The van der Waals surface area contributed by atoms with Gasteiger partial charge in [-0.2, -0.15) is 0 Å². The van der Waals surface area contributed by atoms with E-state index in [1.165, 1.54) is 6.42 Å². The van der Waals surface area contributed by atoms with Crippen molar-refractivity contribution in [1.29, 1.82) is 0 Å². The van der Waals surface area contributed by atoms with Crippen LogP contribution in [0.25, 0.3) is 0 Å². The normalized spacial score (nSPS) is 19.3. The first-order valence-corrected chi connectivity index (χ1v) is 3.16. The minimum atomic E-state index is 0. The molecule has 2 nitrogen and oxygen atoms in total. The summed E-state index contributed by atoms with van der Waals surface area (Å²) in [7, 11) is 0. The van der Waals surface area contributed by atoms with Gasteiger partial charge in [-0.1, -0.05) is 6.42 Å². The zero-order valence-electron chi connectivity index (χ0n) is 4.94. The summed E-state index contributed by atoms with van der Waals surface area (Å²) in [6.45, 7) is 0.888. The van der Waals surface area contributed by atoms with Crippen LogP contribution >= 0.6 is 0 Å². The van der Waals surface area contributed by atoms with Crippen molar-refractivity contribution < 1.29 is 4.79 Å². The molecule has 1 heterocycles. The van der Waals surface area contributed by atoms with Crippen LogP contribution in [0.5, 0.6) is 0 Å². The molecule has 0 aliphatic carbocycles. The fourth-order valence-corrected chi connectivity index (χ4v) is 0.904. The highest BCUT2D eigenvalue weighted by atomic mass is 24.3. The molecule has 3 heteroatoms. The average molecular weight is 139 g/mol. The van der Waals surface area contributed by atoms with E-state index in [0.717, 1.165) is 25.8 Å². The van der Waals surface area contributed by atoms with Gasteiger partial charge < -0.3 is 5.32 Å². The van der Waals surface area contributed by atoms with Crippen molar-refractivity contribution in [3.63, 3.8) is 0 Å². The first-order valence-electron chi connectivity index (χ1n) is 3.16. The molecular weight excluding hydrogens is 126 g/mol. The zero-order valence-corrected chi connectivity index (χ0v) is 4.94. The summed E-state index contributed by atoms with van der Waals surface area (Å²) in [6.07, 6.45) is 4.18. The van der Waals surface area contributed by atoms with E-state index in [-0.39, 0.29) is 29.0 Å². The highest BCUT2D eigenvalue weighted by molar-refractivity contribution is 5.76. The van der Waals surface area contributed by atoms with Crippen LogP contribution in [0, 0.1) is 0 Å². The highest BCUT2D eigenvalue weighted by Gasteiger charge is 2.03. The van der Waals surface area contributed by atoms with Crippen molar-refractivity contribution in [3.05, 3.63) is 0 Å². The Labute approximate surface area is 71.5 Å². The number of carbonyl (C=O) groups is 1. The van der Waals surface area contributed by atoms with Gasteiger partial charge in [0, 0.05) is 13.0 Å². The summed E-state index contributed by atoms with van der Waals surface area (Å²) in [5.41, 5.74) is 0. The lowest BCUT2D eigenvalue weighted by atomic mass is 10.2. The van der Waals surface area contributed by atoms with Crippen LogP contribution in [0.4, 0.5) is 0 Å². The van der Waals surface area contributed by atoms with Gasteiger partial charge in [0.15, 0.2) is 0 Å². The van der Waals surface area contributed by atoms with Gasteiger partial charge in [0.1, 0.15) is 0 Å². The lowest BCUT2D eigenvalue weighted by Gasteiger charge is -1.93. The summed E-state index contributed by atoms with van der Waals surface area (Å²) in [5.74, 6) is 0.225. The summed E-state index contributed by atoms with van der Waals surface area (Å²) in [4.78, 5) is 10.6. The molecule has 0 unspecified atom stereocenters. The van der Waals surface area contributed by atoms with Crippen LogP contribution in [-0.2, 0) is 4.79 Å². The lowest BCUT2D eigenvalue weighted by molar-refractivity contribution is -0.120. The van der Waals surface area contributed by atoms with Crippen molar-refractivity contribution in [1.82, 2.24) is 5.32 Å². The molecule has 0 spiro atoms. The molecule has 9 heavy (non-hydrogen) atoms. The second-order valence-electron chi connectivity index (χ2n) is 2.16. The molecule has 1 amide bonds. The lowest BCUT2D eigenvalue weighted by Crippen LogP contribution is -2.21. The maximum absolute atomic E-state index is 10.6. The van der Waals surface area contributed by atoms with E-state index in [4.69, 9.17) is 0 Å². The predicted octanol–water partition coefficient (Wildman–Crippen LogP) is -0.240. The number of hydrogen-bond donors (Lipinski definition) is 1. The summed E-state index contributed by atoms with van der Waals surface area (Å²) in [5, 5.41) is 2.81. The summed E-state index contributed by atoms with van der Waals surface area (Å²) < 4.78 is 0. The van der Waals surface area contributed by atoms with Crippen LogP contribution in [0.2, 0.25) is 0 Å². The van der Waals surface area contributed by atoms with Crippen LogP contribution in [-0.4, -0.2) is 35.5 Å². The molecule has 0 radical (unpaired) electrons. The van der Waals surface area contributed by atoms with Gasteiger partial charge in [0.05, 0.1) is 0 Å². The molecule has 50 valence electrons. The average Bonchev–Trinajstić information content (AvgIpc) is 1.94. The summed E-state index contributed by atoms with van der Waals surface area (Å²) in [6, 6.07) is 0. The molecular formula is C6H13MgNO. The standard InChI is InChI=1S/C6H11NO.Mg.2H/c8-6-4-2-1-3-5-7-6;;;/h1-5H2,(H,7,8);;;. The number of carbonyl (C=O) groups excluding carboxylic acids is 1. The number of amides is 1. The fourth-order valence-electron chi connectivity index (χ4n) is 0.904. The van der Waals surface area contributed by atoms with Gasteiger partial charge in [-0.05, 0) is 12.8 Å². The monoisotopic (exact) mass is 139 g/mol. The first kappa shape index (κ1) is 9.24. The Balaban J connectivity index is 0.000000640. The molecule has 0 aromatic carbocycles. The van der Waals surface area contributed by atoms with Crippen molar-refractivity contribution in [2.45, 2.75) is 25.7 Å². The minimum absolute atomic E-state index is 0. The van der Waals surface area contributed by atoms with Gasteiger partial charge in [-0.15, -0.1) is 0 Å². The van der Waals surface area contributed by atoms with E-state index in [1.807, 2.05) is 0 Å². The number of hydrogen-bond acceptors (Lipinski definition) is 1. The molecule has 0 bridgehead atoms. The van der Waals surface area contributed by atoms with Crippen LogP contribution in [0.3, 0.4) is 0 Å². The SMILES string of the molecule is O=C1CCCCCN1.[MgH2]. The molecule has 1 aliphatic heterocycles. The van der Waals surface area contributed by atoms with Gasteiger partial charge >= 0.3 is 23.1 Å². The van der Waals surface area contributed by atoms with Gasteiger partial charge in [-0.3, -0.25) is 4.79 Å². The maximum atomic E-state index is 10.6. The predicted molar refractivity (Wildman–Crippen MR) is 40.0 cm³/mol. The van der Waals surface area contributed by atoms with Crippen molar-refractivity contribution in [2.24, 2.45) is 0 Å². The van der Waals surface area contributed by atoms with E-state index >= 15 is 0 Å². The second-order valence-corrected chi connectivity index (χ2v) is 2.16. The molecule has 1 N–H and O–H groups in total. The zero-order chi connectivity index (χ0) is 5.82. The quantitative estimate of drug-likeness (QED) is 0.461. The van der Waals surface area contributed by atoms with E-state index in [2.05, 4.69) is 5.32 Å². The van der Waals surface area contributed by atoms with E-state index < -0.39 is 0 Å². The molecule has 0 aromatic rings. The number of nitrogens with one attached hydrogen (secondary N) is 1. The molecule has 0 aromatic heterocycles. The van der Waals surface area contributed by atoms with Gasteiger partial charge in [0.25, 0.3) is 0 Å². The second kappa shape index (κ2) is 5.06. The van der Waals surface area contributed by atoms with Crippen molar-refractivity contribution >= 4 is 29.0 Å². The third-order valence-electron chi connectivity index (χ3n) is 1.40. The van der Waals surface area contributed by atoms with E-state index in [0.29, 0.717) is 0 Å². The Morgan fingerprint density at radius 2 is 2.00 bits per heavy atom. The summed E-state index contributed by atoms with van der Waals surface area (Å²) >= 11 is 0. The van der Waals surface area contributed by atoms with Crippen LogP contribution in [0.1, 0.15) is 25.7 Å². The number of rotatable bonds is 0. The largest absolute Gasteiger partial charge is 0.356 e. The molecule has 1 rings (SSSR count). The molecule has 1 fully saturated rings. The fraction of sp³-hybridized carbons (Fsp3) is 0.833. The Hall–Kier alpha value is 0.236. The Bertz CT molecular complexity index is 85.1. The molecule has 1 saturated heterocycles. The van der Waals surface area contributed by atoms with Gasteiger partial charge in [0.2, 0.25) is 5.91 Å². The van der Waals surface area contributed by atoms with E-state index in [9.17, 15) is 4.79 Å². The molecule has 1 aliphatic rings. The van der Waals surface area contributed by atoms with Gasteiger partial charge in [-0.25, -0.2) is 0 Å². The minimum Gasteiger partial charge on any atom is -0.356 e.